The number of ether oxygens (including phenoxy) is 2. The second-order valence-corrected chi connectivity index (χ2v) is 8.20. The molecule has 0 radical (unpaired) electrons. The van der Waals surface area contributed by atoms with Crippen molar-refractivity contribution < 1.29 is 22.1 Å². The molecule has 0 aliphatic heterocycles. The highest BCUT2D eigenvalue weighted by molar-refractivity contribution is 7.92. The summed E-state index contributed by atoms with van der Waals surface area (Å²) in [4.78, 5) is 10.7. The molecule has 2 N–H and O–H groups in total. The highest BCUT2D eigenvalue weighted by Crippen LogP contribution is 2.35. The van der Waals surface area contributed by atoms with Gasteiger partial charge in [0.1, 0.15) is 0 Å². The summed E-state index contributed by atoms with van der Waals surface area (Å²) in [5.41, 5.74) is 7.56. The number of aromatic nitrogens is 2. The van der Waals surface area contributed by atoms with Gasteiger partial charge in [0.2, 0.25) is 0 Å². The molecule has 0 saturated carbocycles. The molecule has 0 aliphatic rings. The first-order chi connectivity index (χ1) is 16.3. The summed E-state index contributed by atoms with van der Waals surface area (Å²) in [6.45, 7) is 1.35. The highest BCUT2D eigenvalue weighted by atomic mass is 32.2. The van der Waals surface area contributed by atoms with Crippen molar-refractivity contribution in [2.75, 3.05) is 41.4 Å². The summed E-state index contributed by atoms with van der Waals surface area (Å²) >= 11 is -0.0601. The van der Waals surface area contributed by atoms with Gasteiger partial charge in [-0.2, -0.15) is 0 Å². The summed E-state index contributed by atoms with van der Waals surface area (Å²) in [6, 6.07) is 2.89. The minimum Gasteiger partial charge on any atom is -0.494 e. The van der Waals surface area contributed by atoms with E-state index < -0.39 is 11.6 Å². The smallest absolute Gasteiger partial charge is 0.171 e. The molecule has 0 atom stereocenters. The average Bonchev–Trinajstić information content (AvgIpc) is 3.18. The number of pyridine rings is 1. The quantitative estimate of drug-likeness (QED) is 0.426. The summed E-state index contributed by atoms with van der Waals surface area (Å²) in [7, 11) is 6.46. The monoisotopic (exact) mass is 493 g/mol. The normalized spacial score (nSPS) is 12.3. The summed E-state index contributed by atoms with van der Waals surface area (Å²) < 4.78 is 54.7. The number of fused-ring (bicyclic) bond motifs is 1. The molecule has 3 rings (SSSR count). The number of allylic oxidation sites excluding steroid dienone is 1. The molecule has 7 nitrogen and oxygen atoms in total. The molecular formula is C23H26F3N5O2S. The van der Waals surface area contributed by atoms with Crippen LogP contribution in [0.2, 0.25) is 0 Å². The lowest BCUT2D eigenvalue weighted by atomic mass is 10.0. The van der Waals surface area contributed by atoms with Crippen molar-refractivity contribution in [3.8, 4) is 11.5 Å². The van der Waals surface area contributed by atoms with Crippen molar-refractivity contribution in [2.45, 2.75) is 6.42 Å². The lowest BCUT2D eigenvalue weighted by Crippen LogP contribution is -2.15. The number of halogens is 3. The molecule has 0 saturated heterocycles. The van der Waals surface area contributed by atoms with Crippen molar-refractivity contribution >= 4 is 35.2 Å². The van der Waals surface area contributed by atoms with Crippen molar-refractivity contribution in [3.63, 3.8) is 0 Å². The fourth-order valence-electron chi connectivity index (χ4n) is 3.41. The maximum Gasteiger partial charge on any atom is 0.171 e. The van der Waals surface area contributed by atoms with Gasteiger partial charge in [0.25, 0.3) is 0 Å². The van der Waals surface area contributed by atoms with E-state index in [0.29, 0.717) is 34.3 Å². The summed E-state index contributed by atoms with van der Waals surface area (Å²) in [6.07, 6.45) is 5.85. The van der Waals surface area contributed by atoms with Crippen molar-refractivity contribution in [1.82, 2.24) is 13.9 Å². The van der Waals surface area contributed by atoms with E-state index in [1.807, 2.05) is 19.0 Å². The van der Waals surface area contributed by atoms with Crippen LogP contribution in [0.1, 0.15) is 16.7 Å². The molecule has 1 aromatic carbocycles. The molecule has 0 amide bonds. The van der Waals surface area contributed by atoms with Crippen LogP contribution in [-0.2, 0) is 6.42 Å². The molecule has 0 fully saturated rings. The van der Waals surface area contributed by atoms with Crippen molar-refractivity contribution in [1.29, 1.82) is 0 Å². The molecule has 0 bridgehead atoms. The second-order valence-electron chi connectivity index (χ2n) is 7.67. The Hall–Kier alpha value is -3.18. The van der Waals surface area contributed by atoms with Crippen LogP contribution in [0.25, 0.3) is 16.6 Å². The fraction of sp³-hybridized carbons (Fsp3) is 0.304. The molecule has 2 heterocycles. The topological polar surface area (TPSA) is 77.9 Å². The van der Waals surface area contributed by atoms with E-state index in [-0.39, 0.29) is 35.8 Å². The highest BCUT2D eigenvalue weighted by Gasteiger charge is 2.22. The number of benzene rings is 1. The van der Waals surface area contributed by atoms with Gasteiger partial charge >= 0.3 is 0 Å². The van der Waals surface area contributed by atoms with Gasteiger partial charge in [0, 0.05) is 65.9 Å². The molecule has 2 aromatic heterocycles. The molecule has 11 heteroatoms. The second kappa shape index (κ2) is 11.3. The van der Waals surface area contributed by atoms with E-state index in [1.165, 1.54) is 30.6 Å². The molecule has 0 aliphatic carbocycles. The van der Waals surface area contributed by atoms with Crippen molar-refractivity contribution in [2.24, 2.45) is 10.7 Å². The molecule has 0 unspecified atom stereocenters. The fourth-order valence-corrected chi connectivity index (χ4v) is 3.79. The number of nitrogens with zero attached hydrogens (tertiary/aromatic N) is 4. The van der Waals surface area contributed by atoms with Crippen LogP contribution in [0.15, 0.2) is 35.7 Å². The van der Waals surface area contributed by atoms with E-state index >= 15 is 0 Å². The minimum absolute atomic E-state index is 0.0601. The Balaban J connectivity index is 2.06. The van der Waals surface area contributed by atoms with Crippen LogP contribution in [0.3, 0.4) is 0 Å². The number of aliphatic imine (C=N–C) groups is 1. The third-order valence-electron chi connectivity index (χ3n) is 5.22. The van der Waals surface area contributed by atoms with E-state index in [2.05, 4.69) is 9.98 Å². The Kier molecular flexibility index (Phi) is 8.46. The molecule has 34 heavy (non-hydrogen) atoms. The number of likely N-dealkylation sites (N-methyl/N-ethyl adjacent to an activating group) is 1. The average molecular weight is 494 g/mol. The first-order valence-corrected chi connectivity index (χ1v) is 11.0. The van der Waals surface area contributed by atoms with E-state index in [0.717, 1.165) is 12.6 Å². The van der Waals surface area contributed by atoms with E-state index in [4.69, 9.17) is 15.2 Å². The molecule has 182 valence electrons. The van der Waals surface area contributed by atoms with Crippen LogP contribution >= 0.6 is 12.3 Å². The predicted octanol–water partition coefficient (Wildman–Crippen LogP) is 4.24. The first kappa shape index (κ1) is 25.4. The van der Waals surface area contributed by atoms with Crippen LogP contribution in [-0.4, -0.2) is 61.5 Å². The Labute approximate surface area is 200 Å². The number of hydrogen-bond donors (Lipinski definition) is 1. The molecule has 0 spiro atoms. The lowest BCUT2D eigenvalue weighted by Gasteiger charge is -2.12. The third-order valence-corrected chi connectivity index (χ3v) is 5.65. The van der Waals surface area contributed by atoms with Crippen molar-refractivity contribution in [3.05, 3.63) is 59.1 Å². The zero-order chi connectivity index (χ0) is 24.8. The maximum atomic E-state index is 14.9. The van der Waals surface area contributed by atoms with Crippen LogP contribution in [0.5, 0.6) is 11.5 Å². The van der Waals surface area contributed by atoms with Gasteiger partial charge in [-0.3, -0.25) is 4.99 Å². The van der Waals surface area contributed by atoms with E-state index in [1.54, 1.807) is 18.5 Å². The first-order valence-electron chi connectivity index (χ1n) is 10.3. The number of methoxy groups -OCH3 is 2. The number of hydrogen-bond acceptors (Lipinski definition) is 7. The van der Waals surface area contributed by atoms with E-state index in [9.17, 15) is 12.7 Å². The predicted molar refractivity (Wildman–Crippen MR) is 130 cm³/mol. The minimum atomic E-state index is -0.853. The van der Waals surface area contributed by atoms with Gasteiger partial charge in [-0.15, -0.1) is 3.89 Å². The Morgan fingerprint density at radius 2 is 1.88 bits per heavy atom. The van der Waals surface area contributed by atoms with Gasteiger partial charge < -0.3 is 20.1 Å². The van der Waals surface area contributed by atoms with Gasteiger partial charge in [0.05, 0.1) is 20.8 Å². The standard InChI is InChI=1S/C23H26F3N5O2S/c1-30(2)6-5-28-11-16(10-27)14-7-17-15(13-31(34-26)23(17)29-12-14)8-18-21(24)19(32-3)9-20(33-4)22(18)25/h7,9-13H,5-6,8,27H2,1-4H3. The van der Waals surface area contributed by atoms with Gasteiger partial charge in [-0.1, -0.05) is 0 Å². The Morgan fingerprint density at radius 1 is 1.21 bits per heavy atom. The maximum absolute atomic E-state index is 14.9. The third kappa shape index (κ3) is 5.31. The largest absolute Gasteiger partial charge is 0.494 e. The Morgan fingerprint density at radius 3 is 2.44 bits per heavy atom. The van der Waals surface area contributed by atoms with Gasteiger partial charge in [0.15, 0.2) is 41.1 Å². The van der Waals surface area contributed by atoms with Gasteiger partial charge in [-0.05, 0) is 25.7 Å². The van der Waals surface area contributed by atoms with Crippen LogP contribution < -0.4 is 15.2 Å². The lowest BCUT2D eigenvalue weighted by molar-refractivity contribution is 0.354. The van der Waals surface area contributed by atoms with Crippen LogP contribution in [0, 0.1) is 11.6 Å². The zero-order valence-corrected chi connectivity index (χ0v) is 20.1. The van der Waals surface area contributed by atoms with Gasteiger partial charge in [-0.25, -0.2) is 17.7 Å². The van der Waals surface area contributed by atoms with Crippen LogP contribution in [0.4, 0.5) is 12.7 Å². The SMILES string of the molecule is COc1cc(OC)c(F)c(Cc2cn(SF)c3ncc(C(C=NCCN(C)C)=CN)cc23)c1F. The Bertz CT molecular complexity index is 1200. The summed E-state index contributed by atoms with van der Waals surface area (Å²) in [5.74, 6) is -2.01. The molecule has 3 aromatic rings. The molecular weight excluding hydrogens is 467 g/mol. The summed E-state index contributed by atoms with van der Waals surface area (Å²) in [5, 5.41) is 0.518. The number of nitrogens with two attached hydrogens (primary N) is 1. The number of rotatable bonds is 10. The zero-order valence-electron chi connectivity index (χ0n) is 19.3.